The lowest BCUT2D eigenvalue weighted by Crippen LogP contribution is -2.45. The molecular formula is C49H48ClF10N8O14PS2. The van der Waals surface area contributed by atoms with Gasteiger partial charge in [-0.2, -0.15) is 49.6 Å². The number of rotatable bonds is 20. The van der Waals surface area contributed by atoms with Crippen LogP contribution in [-0.2, 0) is 79.7 Å². The fourth-order valence-electron chi connectivity index (χ4n) is 9.50. The molecule has 0 aliphatic heterocycles. The molecule has 0 radical (unpaired) electrons. The monoisotopic (exact) mass is 1290 g/mol. The minimum Gasteiger partial charge on any atom is -0.480 e. The highest BCUT2D eigenvalue weighted by Crippen LogP contribution is 2.68. The lowest BCUT2D eigenvalue weighted by molar-refractivity contribution is -0.143. The third-order valence-electron chi connectivity index (χ3n) is 13.3. The number of fused-ring (bicyclic) bond motifs is 4. The predicted octanol–water partition coefficient (Wildman–Crippen LogP) is 7.59. The van der Waals surface area contributed by atoms with Gasteiger partial charge in [0.2, 0.25) is 28.6 Å². The van der Waals surface area contributed by atoms with E-state index in [1.54, 1.807) is 0 Å². The fourth-order valence-corrected chi connectivity index (χ4v) is 11.0. The van der Waals surface area contributed by atoms with Gasteiger partial charge in [0.1, 0.15) is 47.4 Å². The van der Waals surface area contributed by atoms with E-state index in [4.69, 9.17) is 21.4 Å². The zero-order valence-electron chi connectivity index (χ0n) is 44.8. The van der Waals surface area contributed by atoms with E-state index in [2.05, 4.69) is 41.6 Å². The molecule has 462 valence electrons. The van der Waals surface area contributed by atoms with Crippen molar-refractivity contribution in [2.24, 2.45) is 11.3 Å². The number of sulfone groups is 1. The number of nitrogens with one attached hydrogen (secondary N) is 1. The summed E-state index contributed by atoms with van der Waals surface area (Å²) in [5.41, 5.74) is -8.35. The minimum atomic E-state index is -5.28. The number of carbonyl (C=O) groups is 4. The molecule has 1 saturated carbocycles. The first-order valence-corrected chi connectivity index (χ1v) is 30.1. The number of hydrogen-bond acceptors (Lipinski definition) is 14. The highest BCUT2D eigenvalue weighted by atomic mass is 35.5. The van der Waals surface area contributed by atoms with Crippen LogP contribution in [0, 0.1) is 34.8 Å². The molecule has 5 aromatic rings. The van der Waals surface area contributed by atoms with Crippen molar-refractivity contribution in [1.29, 1.82) is 0 Å². The van der Waals surface area contributed by atoms with Gasteiger partial charge in [-0.3, -0.25) is 28.6 Å². The number of phosphoric acid groups is 1. The average molecular weight is 1290 g/mol. The van der Waals surface area contributed by atoms with Gasteiger partial charge in [0.15, 0.2) is 21.3 Å². The average Bonchev–Trinajstić information content (AvgIpc) is 1.56. The van der Waals surface area contributed by atoms with Gasteiger partial charge in [0.25, 0.3) is 5.92 Å². The normalized spacial score (nSPS) is 16.5. The van der Waals surface area contributed by atoms with E-state index in [-0.39, 0.29) is 31.3 Å². The second-order valence-corrected chi connectivity index (χ2v) is 27.2. The summed E-state index contributed by atoms with van der Waals surface area (Å²) >= 11 is 6.71. The van der Waals surface area contributed by atoms with Crippen LogP contribution >= 0.6 is 19.4 Å². The molecule has 2 aliphatic carbocycles. The van der Waals surface area contributed by atoms with Gasteiger partial charge in [0, 0.05) is 47.9 Å². The molecule has 3 heterocycles. The Balaban J connectivity index is 1.43. The maximum absolute atomic E-state index is 15.7. The Kier molecular flexibility index (Phi) is 17.8. The van der Waals surface area contributed by atoms with Crippen LogP contribution in [0.15, 0.2) is 42.5 Å². The zero-order valence-corrected chi connectivity index (χ0v) is 48.1. The summed E-state index contributed by atoms with van der Waals surface area (Å²) in [6.45, 7) is -2.08. The number of sulfonamides is 1. The van der Waals surface area contributed by atoms with Crippen molar-refractivity contribution < 1.29 is 109 Å². The summed E-state index contributed by atoms with van der Waals surface area (Å²) < 4.78 is 220. The Morgan fingerprint density at radius 3 is 2.13 bits per heavy atom. The second kappa shape index (κ2) is 23.1. The van der Waals surface area contributed by atoms with E-state index in [0.29, 0.717) is 17.2 Å². The Morgan fingerprint density at radius 1 is 0.941 bits per heavy atom. The van der Waals surface area contributed by atoms with Crippen molar-refractivity contribution in [2.75, 3.05) is 36.7 Å². The molecule has 7 rings (SSSR count). The number of nitrogens with zero attached hydrogens (tertiary/aromatic N) is 7. The molecule has 4 N–H and O–H groups in total. The first-order valence-electron chi connectivity index (χ1n) is 24.5. The molecule has 22 nitrogen and oxygen atoms in total. The molecule has 3 amide bonds. The molecule has 0 saturated heterocycles. The third-order valence-corrected chi connectivity index (χ3v) is 17.0. The van der Waals surface area contributed by atoms with Crippen LogP contribution < -0.4 is 9.62 Å². The lowest BCUT2D eigenvalue weighted by Gasteiger charge is -2.32. The highest BCUT2D eigenvalue weighted by Gasteiger charge is 2.68. The molecule has 2 aliphatic rings. The number of phosphoric ester groups is 1. The number of aromatic nitrogens is 5. The SMILES string of the molecule is CC(C)(CC(=O)N(c1nn(CC(F)(F)F)c2c(-c3ccc(C#CC(C)(C)S(C)(=O)=O)nc3[C@H](Cc3cc(F)cc(F)c3)NC(=O)Cn3nc(C(F)(F)F)c4c3C(F)(F)[C@@H]3C[C@H]43)ccc(Cl)c12)S(C)(=O)=O)CN(CC(=O)O)C(=O)OCOP(=O)(O)O. The number of alkyl halides is 8. The number of carboxylic acid groups (broad SMARTS) is 1. The van der Waals surface area contributed by atoms with E-state index >= 15 is 8.78 Å². The molecule has 0 bridgehead atoms. The standard InChI is InChI=1S/C49H48ClF10N8O14PS2/c1-45(2,21-65(20-36(71)72)44(73)81-23-82-83(74,75)76)18-35(70)68(85(6,79)80)43-38-32(50)10-9-29(40(38)67(64-43)22-47(53,54)55)28-8-7-27(11-12-46(3,4)84(5,77)78)61-39(28)33(15-24-13-25(51)16-26(52)14-24)62-34(69)19-66-42-37(41(63-66)49(58,59)60)30-17-31(30)48(42,56)57/h7-10,13-14,16,30-31,33H,15,17-23H2,1-6H3,(H,62,69)(H,71,72)(H2,74,75,76)/t30-,31+,33-/m0/s1. The largest absolute Gasteiger partial charge is 0.480 e. The molecule has 1 fully saturated rings. The maximum atomic E-state index is 15.7. The molecule has 3 aromatic heterocycles. The van der Waals surface area contributed by atoms with Gasteiger partial charge in [0.05, 0.1) is 33.9 Å². The van der Waals surface area contributed by atoms with Gasteiger partial charge in [-0.25, -0.2) is 44.5 Å². The number of anilines is 1. The quantitative estimate of drug-likeness (QED) is 0.0252. The molecule has 3 atom stereocenters. The van der Waals surface area contributed by atoms with Crippen LogP contribution in [0.2, 0.25) is 5.02 Å². The molecular weight excluding hydrogens is 1250 g/mol. The number of halogens is 11. The van der Waals surface area contributed by atoms with Crippen LogP contribution in [0.25, 0.3) is 22.0 Å². The van der Waals surface area contributed by atoms with Crippen molar-refractivity contribution >= 4 is 79.9 Å². The summed E-state index contributed by atoms with van der Waals surface area (Å²) in [5, 5.41) is 17.9. The first-order chi connectivity index (χ1) is 38.8. The number of pyridine rings is 1. The Hall–Kier alpha value is -6.89. The number of aliphatic carboxylic acids is 1. The van der Waals surface area contributed by atoms with Crippen molar-refractivity contribution in [3.05, 3.63) is 93.0 Å². The summed E-state index contributed by atoms with van der Waals surface area (Å²) in [4.78, 5) is 76.2. The second-order valence-electron chi connectivity index (χ2n) is 21.2. The van der Waals surface area contributed by atoms with Gasteiger partial charge < -0.3 is 24.9 Å². The van der Waals surface area contributed by atoms with Gasteiger partial charge in [-0.15, -0.1) is 0 Å². The molecule has 2 aromatic carbocycles. The van der Waals surface area contributed by atoms with Crippen LogP contribution in [-0.4, -0.2) is 128 Å². The smallest absolute Gasteiger partial charge is 0.472 e. The number of benzene rings is 2. The Labute approximate surface area is 480 Å². The van der Waals surface area contributed by atoms with Gasteiger partial charge in [-0.1, -0.05) is 37.4 Å². The number of carbonyl (C=O) groups excluding carboxylic acids is 3. The minimum absolute atomic E-state index is 0.0561. The predicted molar refractivity (Wildman–Crippen MR) is 277 cm³/mol. The van der Waals surface area contributed by atoms with Crippen LogP contribution in [0.5, 0.6) is 0 Å². The number of ether oxygens (including phenoxy) is 1. The summed E-state index contributed by atoms with van der Waals surface area (Å²) in [5.74, 6) is -9.77. The van der Waals surface area contributed by atoms with Crippen LogP contribution in [0.4, 0.5) is 54.5 Å². The van der Waals surface area contributed by atoms with Crippen molar-refractivity contribution in [1.82, 2.24) is 34.8 Å². The Morgan fingerprint density at radius 2 is 1.56 bits per heavy atom. The molecule has 85 heavy (non-hydrogen) atoms. The van der Waals surface area contributed by atoms with Crippen molar-refractivity contribution in [3.8, 4) is 23.0 Å². The Bertz CT molecular complexity index is 3880. The highest BCUT2D eigenvalue weighted by molar-refractivity contribution is 7.93. The summed E-state index contributed by atoms with van der Waals surface area (Å²) in [7, 11) is -14.3. The van der Waals surface area contributed by atoms with Crippen LogP contribution in [0.1, 0.15) is 86.4 Å². The van der Waals surface area contributed by atoms with Crippen molar-refractivity contribution in [2.45, 2.75) is 95.0 Å². The van der Waals surface area contributed by atoms with E-state index in [1.165, 1.54) is 27.7 Å². The van der Waals surface area contributed by atoms with Crippen molar-refractivity contribution in [3.63, 3.8) is 0 Å². The fraction of sp³-hybridized carbons (Fsp3) is 0.449. The first kappa shape index (κ1) is 65.6. The topological polar surface area (TPSA) is 300 Å². The van der Waals surface area contributed by atoms with E-state index in [1.807, 2.05) is 0 Å². The van der Waals surface area contributed by atoms with Gasteiger partial charge in [-0.05, 0) is 79.8 Å². The van der Waals surface area contributed by atoms with E-state index < -0.39 is 211 Å². The molecule has 0 spiro atoms. The van der Waals surface area contributed by atoms with E-state index in [0.717, 1.165) is 42.7 Å². The van der Waals surface area contributed by atoms with Crippen LogP contribution in [0.3, 0.4) is 0 Å². The number of carboxylic acids is 1. The zero-order chi connectivity index (χ0) is 63.7. The summed E-state index contributed by atoms with van der Waals surface area (Å²) in [6, 6.07) is 4.22. The summed E-state index contributed by atoms with van der Waals surface area (Å²) in [6.07, 6.45) is -13.0. The lowest BCUT2D eigenvalue weighted by atomic mass is 9.88. The number of amides is 3. The number of hydrogen-bond donors (Lipinski definition) is 4. The molecule has 0 unspecified atom stereocenters. The van der Waals surface area contributed by atoms with Gasteiger partial charge >= 0.3 is 32.2 Å². The molecule has 36 heteroatoms. The third kappa shape index (κ3) is 15.0. The maximum Gasteiger partial charge on any atom is 0.472 e. The van der Waals surface area contributed by atoms with E-state index in [9.17, 15) is 80.8 Å².